The van der Waals surface area contributed by atoms with Crippen molar-refractivity contribution < 1.29 is 44.5 Å². The molecule has 15 heteroatoms. The number of hydrazone groups is 1. The molecule has 1 aliphatic heterocycles. The molecule has 5 aliphatic carbocycles. The van der Waals surface area contributed by atoms with Crippen molar-refractivity contribution in [3.8, 4) is 0 Å². The predicted octanol–water partition coefficient (Wildman–Crippen LogP) is 6.42. The van der Waals surface area contributed by atoms with E-state index in [4.69, 9.17) is 14.6 Å². The summed E-state index contributed by atoms with van der Waals surface area (Å²) < 4.78 is 11.6. The van der Waals surface area contributed by atoms with Crippen LogP contribution in [0.2, 0.25) is 0 Å². The first kappa shape index (κ1) is 41.7. The number of nitrogens with one attached hydrogen (secondary N) is 1. The van der Waals surface area contributed by atoms with E-state index in [1.165, 1.54) is 17.7 Å². The van der Waals surface area contributed by atoms with Crippen molar-refractivity contribution in [1.82, 2.24) is 0 Å². The molecular formula is C42H60N4O11. The summed E-state index contributed by atoms with van der Waals surface area (Å²) >= 11 is 0. The number of hydrogen-bond donors (Lipinski definition) is 5. The number of nitro groups is 2. The number of hydrogen-bond acceptors (Lipinski definition) is 13. The molecule has 5 fully saturated rings. The van der Waals surface area contributed by atoms with Crippen molar-refractivity contribution in [3.63, 3.8) is 0 Å². The molecule has 15 nitrogen and oxygen atoms in total. The molecule has 7 rings (SSSR count). The number of non-ortho nitro benzene ring substituents is 1. The smallest absolute Gasteiger partial charge is 0.315 e. The van der Waals surface area contributed by atoms with Crippen LogP contribution >= 0.6 is 0 Å². The van der Waals surface area contributed by atoms with Gasteiger partial charge in [0.2, 0.25) is 6.29 Å². The Kier molecular flexibility index (Phi) is 10.3. The van der Waals surface area contributed by atoms with Crippen molar-refractivity contribution in [2.24, 2.45) is 55.3 Å². The van der Waals surface area contributed by atoms with E-state index in [1.807, 2.05) is 0 Å². The lowest BCUT2D eigenvalue weighted by atomic mass is 9.33. The largest absolute Gasteiger partial charge is 0.432 e. The Morgan fingerprint density at radius 1 is 0.930 bits per heavy atom. The average Bonchev–Trinajstić information content (AvgIpc) is 3.14. The molecule has 5 N–H and O–H groups in total. The van der Waals surface area contributed by atoms with Crippen molar-refractivity contribution in [1.29, 1.82) is 0 Å². The van der Waals surface area contributed by atoms with E-state index in [1.54, 1.807) is 0 Å². The topological polar surface area (TPSA) is 227 Å². The van der Waals surface area contributed by atoms with Gasteiger partial charge in [-0.25, -0.2) is 0 Å². The fourth-order valence-corrected chi connectivity index (χ4v) is 13.0. The van der Waals surface area contributed by atoms with Gasteiger partial charge in [-0.05, 0) is 110 Å². The van der Waals surface area contributed by atoms with Crippen LogP contribution in [0.3, 0.4) is 0 Å². The third-order valence-electron chi connectivity index (χ3n) is 16.6. The van der Waals surface area contributed by atoms with Gasteiger partial charge in [-0.2, -0.15) is 5.10 Å². The summed E-state index contributed by atoms with van der Waals surface area (Å²) in [6.07, 6.45) is 2.86. The van der Waals surface area contributed by atoms with Crippen LogP contribution < -0.4 is 5.43 Å². The van der Waals surface area contributed by atoms with Crippen LogP contribution in [0.1, 0.15) is 113 Å². The molecule has 0 bridgehead atoms. The molecular weight excluding hydrogens is 736 g/mol. The first-order valence-corrected chi connectivity index (χ1v) is 20.5. The molecule has 12 atom stereocenters. The molecule has 0 radical (unpaired) electrons. The van der Waals surface area contributed by atoms with E-state index < -0.39 is 64.2 Å². The van der Waals surface area contributed by atoms with Crippen LogP contribution in [0, 0.1) is 70.5 Å². The van der Waals surface area contributed by atoms with Gasteiger partial charge in [-0.15, -0.1) is 0 Å². The number of rotatable bonds is 7. The van der Waals surface area contributed by atoms with E-state index in [-0.39, 0.29) is 50.3 Å². The minimum absolute atomic E-state index is 0.0237. The van der Waals surface area contributed by atoms with Gasteiger partial charge in [-0.3, -0.25) is 30.4 Å². The van der Waals surface area contributed by atoms with E-state index in [9.17, 15) is 45.4 Å². The molecule has 0 unspecified atom stereocenters. The number of carbonyl (C=O) groups is 1. The Morgan fingerprint density at radius 2 is 1.63 bits per heavy atom. The van der Waals surface area contributed by atoms with E-state index in [0.717, 1.165) is 56.7 Å². The number of anilines is 1. The maximum atomic E-state index is 14.6. The molecule has 0 aromatic heterocycles. The van der Waals surface area contributed by atoms with Gasteiger partial charge in [-0.1, -0.05) is 60.1 Å². The third-order valence-corrected chi connectivity index (χ3v) is 16.6. The second-order valence-electron chi connectivity index (χ2n) is 20.1. The molecule has 0 spiro atoms. The number of allylic oxidation sites excluding steroid dienone is 2. The highest BCUT2D eigenvalue weighted by atomic mass is 16.7. The lowest BCUT2D eigenvalue weighted by molar-refractivity contribution is -0.393. The molecule has 6 aliphatic rings. The summed E-state index contributed by atoms with van der Waals surface area (Å²) in [5.41, 5.74) is 2.92. The second-order valence-corrected chi connectivity index (χ2v) is 20.1. The maximum absolute atomic E-state index is 14.6. The Morgan fingerprint density at radius 3 is 2.30 bits per heavy atom. The lowest BCUT2D eigenvalue weighted by Gasteiger charge is -2.70. The highest BCUT2D eigenvalue weighted by molar-refractivity contribution is 5.91. The Labute approximate surface area is 333 Å². The molecule has 0 amide bonds. The second kappa shape index (κ2) is 14.1. The quantitative estimate of drug-likeness (QED) is 0.0873. The van der Waals surface area contributed by atoms with Crippen molar-refractivity contribution in [2.75, 3.05) is 12.0 Å². The summed E-state index contributed by atoms with van der Waals surface area (Å²) in [6, 6.07) is 3.52. The van der Waals surface area contributed by atoms with E-state index >= 15 is 0 Å². The molecule has 1 saturated heterocycles. The summed E-state index contributed by atoms with van der Waals surface area (Å²) in [5, 5.41) is 69.2. The predicted molar refractivity (Wildman–Crippen MR) is 210 cm³/mol. The first-order valence-electron chi connectivity index (χ1n) is 20.5. The van der Waals surface area contributed by atoms with Gasteiger partial charge in [0, 0.05) is 17.2 Å². The summed E-state index contributed by atoms with van der Waals surface area (Å²) in [6.45, 7) is 15.6. The number of esters is 1. The van der Waals surface area contributed by atoms with Gasteiger partial charge in [0.25, 0.3) is 5.69 Å². The van der Waals surface area contributed by atoms with Crippen LogP contribution in [-0.2, 0) is 14.3 Å². The zero-order valence-electron chi connectivity index (χ0n) is 34.2. The SMILES string of the molecule is CC1(C)CC[C@]2(C(=O)O[C@@H]3O[C@H](CO)[C@H](O)[C@H](O)[C@H]3O)CC[C@]3(C)C(=CC[C@@H]4[C@@]5(C)CC/C(=N\Nc6ccc([N+](=O)[O-])cc6[N+](=O)[O-])C(C)(C)[C@@H]5CC[C@]43C)[C@@H]2C1. The number of ether oxygens (including phenoxy) is 2. The zero-order valence-corrected chi connectivity index (χ0v) is 34.2. The minimum atomic E-state index is -1.66. The summed E-state index contributed by atoms with van der Waals surface area (Å²) in [4.78, 5) is 36.4. The highest BCUT2D eigenvalue weighted by Crippen LogP contribution is 2.75. The monoisotopic (exact) mass is 796 g/mol. The van der Waals surface area contributed by atoms with Gasteiger partial charge in [0.15, 0.2) is 0 Å². The number of nitrogens with zero attached hydrogens (tertiary/aromatic N) is 3. The van der Waals surface area contributed by atoms with E-state index in [0.29, 0.717) is 25.2 Å². The Bertz CT molecular complexity index is 1880. The first-order chi connectivity index (χ1) is 26.6. The minimum Gasteiger partial charge on any atom is -0.432 e. The summed E-state index contributed by atoms with van der Waals surface area (Å²) in [7, 11) is 0. The normalized spacial score (nSPS) is 42.6. The van der Waals surface area contributed by atoms with Crippen LogP contribution in [0.5, 0.6) is 0 Å². The molecule has 4 saturated carbocycles. The van der Waals surface area contributed by atoms with Crippen LogP contribution in [0.15, 0.2) is 34.9 Å². The number of aliphatic hydroxyl groups is 4. The van der Waals surface area contributed by atoms with Gasteiger partial charge < -0.3 is 29.9 Å². The highest BCUT2D eigenvalue weighted by Gasteiger charge is 2.69. The summed E-state index contributed by atoms with van der Waals surface area (Å²) in [5.74, 6) is 0.0447. The molecule has 1 aromatic carbocycles. The van der Waals surface area contributed by atoms with Gasteiger partial charge in [0.05, 0.1) is 27.9 Å². The Hall–Kier alpha value is -3.50. The zero-order chi connectivity index (χ0) is 41.7. The maximum Gasteiger partial charge on any atom is 0.315 e. The molecule has 1 aromatic rings. The number of aliphatic hydroxyl groups excluding tert-OH is 4. The fourth-order valence-electron chi connectivity index (χ4n) is 13.0. The molecule has 1 heterocycles. The number of fused-ring (bicyclic) bond motifs is 7. The Balaban J connectivity index is 1.17. The molecule has 314 valence electrons. The number of carbonyl (C=O) groups excluding carboxylic acids is 1. The van der Waals surface area contributed by atoms with Crippen LogP contribution in [0.25, 0.3) is 0 Å². The van der Waals surface area contributed by atoms with Gasteiger partial charge >= 0.3 is 11.7 Å². The van der Waals surface area contributed by atoms with Crippen molar-refractivity contribution in [2.45, 2.75) is 143 Å². The lowest BCUT2D eigenvalue weighted by Crippen LogP contribution is -2.65. The molecule has 57 heavy (non-hydrogen) atoms. The third kappa shape index (κ3) is 6.32. The number of benzene rings is 1. The van der Waals surface area contributed by atoms with Crippen molar-refractivity contribution in [3.05, 3.63) is 50.1 Å². The van der Waals surface area contributed by atoms with Gasteiger partial charge in [0.1, 0.15) is 30.1 Å². The fraction of sp³-hybridized carbons (Fsp3) is 0.762. The van der Waals surface area contributed by atoms with Crippen LogP contribution in [-0.4, -0.2) is 79.3 Å². The van der Waals surface area contributed by atoms with Crippen molar-refractivity contribution >= 4 is 28.7 Å². The number of nitro benzene ring substituents is 2. The van der Waals surface area contributed by atoms with Crippen LogP contribution in [0.4, 0.5) is 17.1 Å². The standard InChI is InChI=1S/C42H60N4O11/c1-37(2)16-18-42(36(51)57-35-34(50)33(49)32(48)28(22-47)56-35)19-17-40(6)24(25(42)21-37)9-11-30-39(5)14-13-31(38(3,4)29(39)12-15-41(30,40)7)44-43-26-10-8-23(45(52)53)20-27(26)46(54)55/h8-10,20,25,28-30,32-35,43,47-50H,11-19,21-22H2,1-7H3/b44-31+/t25-,28+,29-,30+,32-,33-,34+,35-,39-,40+,41+,42-/m0/s1. The van der Waals surface area contributed by atoms with E-state index in [2.05, 4.69) is 60.0 Å². The average molecular weight is 797 g/mol.